The van der Waals surface area contributed by atoms with Crippen LogP contribution in [0.5, 0.6) is 11.5 Å². The van der Waals surface area contributed by atoms with Crippen molar-refractivity contribution in [1.82, 2.24) is 0 Å². The standard InChI is InChI=1S/C16H16Cl2N2O3/c1-9(23-14-5-3-10(17)7-12(14)18)16(21)20-11-4-6-15(22-2)13(19)8-11/h3-9H,19H2,1-2H3,(H,20,21)/t9-/m1/s1. The first-order valence-electron chi connectivity index (χ1n) is 6.77. The largest absolute Gasteiger partial charge is 0.495 e. The van der Waals surface area contributed by atoms with E-state index in [0.717, 1.165) is 0 Å². The van der Waals surface area contributed by atoms with E-state index >= 15 is 0 Å². The Kier molecular flexibility index (Phi) is 5.58. The van der Waals surface area contributed by atoms with E-state index in [1.54, 1.807) is 43.3 Å². The molecule has 0 fully saturated rings. The van der Waals surface area contributed by atoms with Crippen LogP contribution in [0.15, 0.2) is 36.4 Å². The van der Waals surface area contributed by atoms with Crippen molar-refractivity contribution in [2.24, 2.45) is 0 Å². The molecule has 0 aliphatic rings. The highest BCUT2D eigenvalue weighted by molar-refractivity contribution is 6.35. The number of carbonyl (C=O) groups excluding carboxylic acids is 1. The second-order valence-electron chi connectivity index (χ2n) is 4.78. The van der Waals surface area contributed by atoms with Crippen LogP contribution < -0.4 is 20.5 Å². The normalized spacial score (nSPS) is 11.7. The molecule has 122 valence electrons. The number of methoxy groups -OCH3 is 1. The van der Waals surface area contributed by atoms with E-state index in [1.165, 1.54) is 7.11 Å². The van der Waals surface area contributed by atoms with E-state index in [0.29, 0.717) is 32.9 Å². The zero-order valence-corrected chi connectivity index (χ0v) is 14.1. The monoisotopic (exact) mass is 354 g/mol. The van der Waals surface area contributed by atoms with Crippen molar-refractivity contribution in [1.29, 1.82) is 0 Å². The molecular weight excluding hydrogens is 339 g/mol. The molecule has 7 heteroatoms. The summed E-state index contributed by atoms with van der Waals surface area (Å²) in [6.45, 7) is 1.62. The minimum Gasteiger partial charge on any atom is -0.495 e. The fourth-order valence-electron chi connectivity index (χ4n) is 1.87. The van der Waals surface area contributed by atoms with Gasteiger partial charge < -0.3 is 20.5 Å². The van der Waals surface area contributed by atoms with Crippen molar-refractivity contribution in [2.75, 3.05) is 18.2 Å². The molecule has 2 rings (SSSR count). The van der Waals surface area contributed by atoms with Gasteiger partial charge in [0.15, 0.2) is 6.10 Å². The van der Waals surface area contributed by atoms with Gasteiger partial charge in [0.1, 0.15) is 11.5 Å². The third-order valence-corrected chi connectivity index (χ3v) is 3.59. The van der Waals surface area contributed by atoms with Crippen molar-refractivity contribution in [2.45, 2.75) is 13.0 Å². The SMILES string of the molecule is COc1ccc(NC(=O)[C@@H](C)Oc2ccc(Cl)cc2Cl)cc1N. The minimum atomic E-state index is -0.753. The first-order valence-corrected chi connectivity index (χ1v) is 7.52. The summed E-state index contributed by atoms with van der Waals surface area (Å²) >= 11 is 11.8. The van der Waals surface area contributed by atoms with Crippen LogP contribution in [-0.2, 0) is 4.79 Å². The number of nitrogen functional groups attached to an aromatic ring is 1. The number of hydrogen-bond acceptors (Lipinski definition) is 4. The zero-order chi connectivity index (χ0) is 17.0. The van der Waals surface area contributed by atoms with Gasteiger partial charge in [0.2, 0.25) is 0 Å². The molecule has 2 aromatic carbocycles. The average Bonchev–Trinajstić information content (AvgIpc) is 2.50. The van der Waals surface area contributed by atoms with Crippen LogP contribution in [-0.4, -0.2) is 19.1 Å². The van der Waals surface area contributed by atoms with E-state index in [4.69, 9.17) is 38.4 Å². The number of carbonyl (C=O) groups is 1. The van der Waals surface area contributed by atoms with Crippen molar-refractivity contribution in [3.05, 3.63) is 46.4 Å². The van der Waals surface area contributed by atoms with Gasteiger partial charge in [-0.05, 0) is 43.3 Å². The molecule has 0 aromatic heterocycles. The summed E-state index contributed by atoms with van der Waals surface area (Å²) in [5, 5.41) is 3.55. The van der Waals surface area contributed by atoms with Gasteiger partial charge in [0.05, 0.1) is 17.8 Å². The van der Waals surface area contributed by atoms with E-state index in [1.807, 2.05) is 0 Å². The summed E-state index contributed by atoms with van der Waals surface area (Å²) in [7, 11) is 1.52. The molecule has 5 nitrogen and oxygen atoms in total. The second-order valence-corrected chi connectivity index (χ2v) is 5.62. The van der Waals surface area contributed by atoms with Crippen LogP contribution in [0.25, 0.3) is 0 Å². The van der Waals surface area contributed by atoms with Crippen molar-refractivity contribution in [3.8, 4) is 11.5 Å². The van der Waals surface area contributed by atoms with Gasteiger partial charge >= 0.3 is 0 Å². The Morgan fingerprint density at radius 3 is 2.48 bits per heavy atom. The van der Waals surface area contributed by atoms with Gasteiger partial charge in [-0.2, -0.15) is 0 Å². The fraction of sp³-hybridized carbons (Fsp3) is 0.188. The lowest BCUT2D eigenvalue weighted by atomic mass is 10.2. The topological polar surface area (TPSA) is 73.6 Å². The molecule has 0 radical (unpaired) electrons. The highest BCUT2D eigenvalue weighted by Crippen LogP contribution is 2.29. The summed E-state index contributed by atoms with van der Waals surface area (Å²) in [6, 6.07) is 9.77. The molecule has 2 aromatic rings. The average molecular weight is 355 g/mol. The van der Waals surface area contributed by atoms with Crippen LogP contribution >= 0.6 is 23.2 Å². The summed E-state index contributed by atoms with van der Waals surface area (Å²) < 4.78 is 10.6. The molecule has 0 unspecified atom stereocenters. The fourth-order valence-corrected chi connectivity index (χ4v) is 2.32. The highest BCUT2D eigenvalue weighted by atomic mass is 35.5. The third-order valence-electron chi connectivity index (χ3n) is 3.06. The predicted octanol–water partition coefficient (Wildman–Crippen LogP) is 3.99. The highest BCUT2D eigenvalue weighted by Gasteiger charge is 2.17. The van der Waals surface area contributed by atoms with Gasteiger partial charge in [-0.1, -0.05) is 23.2 Å². The molecule has 0 saturated carbocycles. The predicted molar refractivity (Wildman–Crippen MR) is 92.6 cm³/mol. The number of hydrogen-bond donors (Lipinski definition) is 2. The summed E-state index contributed by atoms with van der Waals surface area (Å²) in [5.74, 6) is 0.591. The quantitative estimate of drug-likeness (QED) is 0.796. The molecule has 3 N–H and O–H groups in total. The Morgan fingerprint density at radius 2 is 1.87 bits per heavy atom. The third kappa shape index (κ3) is 4.43. The smallest absolute Gasteiger partial charge is 0.265 e. The van der Waals surface area contributed by atoms with E-state index in [2.05, 4.69) is 5.32 Å². The Bertz CT molecular complexity index is 722. The number of anilines is 2. The lowest BCUT2D eigenvalue weighted by Gasteiger charge is -2.16. The van der Waals surface area contributed by atoms with Crippen LogP contribution in [0.4, 0.5) is 11.4 Å². The zero-order valence-electron chi connectivity index (χ0n) is 12.6. The lowest BCUT2D eigenvalue weighted by molar-refractivity contribution is -0.122. The molecule has 1 amide bonds. The number of amides is 1. The first kappa shape index (κ1) is 17.2. The van der Waals surface area contributed by atoms with Crippen molar-refractivity contribution >= 4 is 40.5 Å². The van der Waals surface area contributed by atoms with Gasteiger partial charge in [-0.25, -0.2) is 0 Å². The van der Waals surface area contributed by atoms with Gasteiger partial charge in [0, 0.05) is 10.7 Å². The van der Waals surface area contributed by atoms with E-state index in [9.17, 15) is 4.79 Å². The maximum absolute atomic E-state index is 12.2. The van der Waals surface area contributed by atoms with Crippen LogP contribution in [0.3, 0.4) is 0 Å². The van der Waals surface area contributed by atoms with E-state index in [-0.39, 0.29) is 5.91 Å². The summed E-state index contributed by atoms with van der Waals surface area (Å²) in [5.41, 5.74) is 6.78. The van der Waals surface area contributed by atoms with E-state index < -0.39 is 6.10 Å². The number of nitrogens with one attached hydrogen (secondary N) is 1. The van der Waals surface area contributed by atoms with Crippen LogP contribution in [0.1, 0.15) is 6.92 Å². The van der Waals surface area contributed by atoms with Crippen molar-refractivity contribution < 1.29 is 14.3 Å². The number of halogens is 2. The number of nitrogens with two attached hydrogens (primary N) is 1. The summed E-state index contributed by atoms with van der Waals surface area (Å²) in [6.07, 6.45) is -0.753. The second kappa shape index (κ2) is 7.44. The Labute approximate surface area is 144 Å². The maximum Gasteiger partial charge on any atom is 0.265 e. The molecule has 0 heterocycles. The van der Waals surface area contributed by atoms with Crippen molar-refractivity contribution in [3.63, 3.8) is 0 Å². The van der Waals surface area contributed by atoms with Gasteiger partial charge in [-0.15, -0.1) is 0 Å². The van der Waals surface area contributed by atoms with Gasteiger partial charge in [0.25, 0.3) is 5.91 Å². The number of rotatable bonds is 5. The molecule has 0 aliphatic heterocycles. The number of ether oxygens (including phenoxy) is 2. The van der Waals surface area contributed by atoms with Crippen LogP contribution in [0.2, 0.25) is 10.0 Å². The van der Waals surface area contributed by atoms with Crippen LogP contribution in [0, 0.1) is 0 Å². The number of benzene rings is 2. The first-order chi connectivity index (χ1) is 10.9. The molecule has 0 saturated heterocycles. The molecule has 1 atom stereocenters. The molecule has 23 heavy (non-hydrogen) atoms. The Hall–Kier alpha value is -2.11. The summed E-state index contributed by atoms with van der Waals surface area (Å²) in [4.78, 5) is 12.2. The maximum atomic E-state index is 12.2. The Balaban J connectivity index is 2.03. The minimum absolute atomic E-state index is 0.333. The molecular formula is C16H16Cl2N2O3. The molecule has 0 bridgehead atoms. The molecule has 0 spiro atoms. The van der Waals surface area contributed by atoms with Gasteiger partial charge in [-0.3, -0.25) is 4.79 Å². The molecule has 0 aliphatic carbocycles. The lowest BCUT2D eigenvalue weighted by Crippen LogP contribution is -2.30. The Morgan fingerprint density at radius 1 is 1.17 bits per heavy atom.